The molecule has 2 aromatic carbocycles. The van der Waals surface area contributed by atoms with E-state index in [2.05, 4.69) is 19.2 Å². The number of ketones is 1. The lowest BCUT2D eigenvalue weighted by molar-refractivity contribution is 0.0998. The normalized spacial score (nSPS) is 14.3. The smallest absolute Gasteiger partial charge is 0.258 e. The zero-order chi connectivity index (χ0) is 23.8. The van der Waals surface area contributed by atoms with Gasteiger partial charge in [0.25, 0.3) is 5.91 Å². The van der Waals surface area contributed by atoms with Crippen molar-refractivity contribution in [2.45, 2.75) is 32.2 Å². The van der Waals surface area contributed by atoms with Gasteiger partial charge in [-0.25, -0.2) is 0 Å². The van der Waals surface area contributed by atoms with Crippen LogP contribution in [0.1, 0.15) is 52.1 Å². The van der Waals surface area contributed by atoms with Gasteiger partial charge in [-0.1, -0.05) is 29.3 Å². The Labute approximate surface area is 206 Å². The molecule has 170 valence electrons. The Balaban J connectivity index is 1.50. The highest BCUT2D eigenvalue weighted by molar-refractivity contribution is 7.20. The molecule has 1 amide bonds. The molecule has 1 aliphatic heterocycles. The molecule has 33 heavy (non-hydrogen) atoms. The molecule has 4 rings (SSSR count). The molecule has 2 heterocycles. The van der Waals surface area contributed by atoms with Gasteiger partial charge in [0.2, 0.25) is 0 Å². The summed E-state index contributed by atoms with van der Waals surface area (Å²) in [5.41, 5.74) is 4.00. The second kappa shape index (κ2) is 9.29. The number of Topliss-reactive ketones (excluding diaryl/α,β-unsaturated/α-hetero) is 1. The molecule has 0 saturated carbocycles. The van der Waals surface area contributed by atoms with E-state index in [4.69, 9.17) is 32.9 Å². The maximum absolute atomic E-state index is 13.1. The fraction of sp³-hybridized carbons (Fsp3) is 0.240. The van der Waals surface area contributed by atoms with Gasteiger partial charge in [0.05, 0.1) is 34.7 Å². The van der Waals surface area contributed by atoms with Crippen molar-refractivity contribution >= 4 is 57.6 Å². The van der Waals surface area contributed by atoms with Crippen molar-refractivity contribution < 1.29 is 14.3 Å². The third kappa shape index (κ3) is 5.29. The minimum atomic E-state index is -0.355. The first-order valence-electron chi connectivity index (χ1n) is 10.3. The molecule has 0 aliphatic carbocycles. The Kier molecular flexibility index (Phi) is 6.61. The van der Waals surface area contributed by atoms with Crippen LogP contribution in [0.4, 0.5) is 5.69 Å². The number of aliphatic imine (C=N–C) groups is 1. The van der Waals surface area contributed by atoms with Gasteiger partial charge in [0.15, 0.2) is 5.78 Å². The van der Waals surface area contributed by atoms with E-state index in [1.54, 1.807) is 31.4 Å². The lowest BCUT2D eigenvalue weighted by atomic mass is 9.85. The number of rotatable bonds is 6. The van der Waals surface area contributed by atoms with Crippen molar-refractivity contribution in [3.05, 3.63) is 79.5 Å². The van der Waals surface area contributed by atoms with Crippen LogP contribution in [0.5, 0.6) is 5.75 Å². The van der Waals surface area contributed by atoms with Crippen molar-refractivity contribution in [2.24, 2.45) is 4.99 Å². The average molecular weight is 501 g/mol. The summed E-state index contributed by atoms with van der Waals surface area (Å²) >= 11 is 13.1. The molecule has 1 N–H and O–H groups in total. The molecule has 0 spiro atoms. The number of benzene rings is 2. The first-order valence-corrected chi connectivity index (χ1v) is 11.9. The van der Waals surface area contributed by atoms with Crippen LogP contribution < -0.4 is 10.1 Å². The van der Waals surface area contributed by atoms with Gasteiger partial charge in [-0.2, -0.15) is 0 Å². The minimum absolute atomic E-state index is 0.0502. The largest absolute Gasteiger partial charge is 0.497 e. The van der Waals surface area contributed by atoms with Crippen LogP contribution in [0.3, 0.4) is 0 Å². The fourth-order valence-electron chi connectivity index (χ4n) is 3.86. The summed E-state index contributed by atoms with van der Waals surface area (Å²) < 4.78 is 6.14. The van der Waals surface area contributed by atoms with E-state index in [1.807, 2.05) is 18.2 Å². The number of hydrogen-bond acceptors (Lipinski definition) is 5. The molecular formula is C25H22Cl2N2O3S. The summed E-state index contributed by atoms with van der Waals surface area (Å²) in [5, 5.41) is 2.77. The number of halogens is 2. The van der Waals surface area contributed by atoms with Gasteiger partial charge in [-0.3, -0.25) is 14.6 Å². The number of anilines is 1. The van der Waals surface area contributed by atoms with Gasteiger partial charge in [-0.05, 0) is 68.3 Å². The van der Waals surface area contributed by atoms with E-state index < -0.39 is 0 Å². The Morgan fingerprint density at radius 2 is 1.85 bits per heavy atom. The van der Waals surface area contributed by atoms with Gasteiger partial charge >= 0.3 is 0 Å². The first-order chi connectivity index (χ1) is 15.6. The van der Waals surface area contributed by atoms with E-state index in [-0.39, 0.29) is 23.7 Å². The van der Waals surface area contributed by atoms with Crippen LogP contribution in [0.2, 0.25) is 8.67 Å². The molecule has 5 nitrogen and oxygen atoms in total. The van der Waals surface area contributed by atoms with E-state index in [1.165, 1.54) is 6.07 Å². The SMILES string of the molecule is COc1ccc2c(c1)C(CC(=O)c1ccc(NC(=O)c3cc(Cl)sc3Cl)cc1)=NC(C)(C)C2. The second-order valence-electron chi connectivity index (χ2n) is 8.44. The van der Waals surface area contributed by atoms with Crippen LogP contribution in [-0.4, -0.2) is 30.1 Å². The summed E-state index contributed by atoms with van der Waals surface area (Å²) in [5.74, 6) is 0.332. The topological polar surface area (TPSA) is 67.8 Å². The number of nitrogens with zero attached hydrogens (tertiary/aromatic N) is 1. The lowest BCUT2D eigenvalue weighted by Crippen LogP contribution is -2.30. The summed E-state index contributed by atoms with van der Waals surface area (Å²) in [6, 6.07) is 14.2. The maximum atomic E-state index is 13.1. The quantitative estimate of drug-likeness (QED) is 0.382. The van der Waals surface area contributed by atoms with Crippen molar-refractivity contribution in [1.82, 2.24) is 0 Å². The second-order valence-corrected chi connectivity index (χ2v) is 10.7. The Hall–Kier alpha value is -2.67. The Morgan fingerprint density at radius 3 is 2.48 bits per heavy atom. The molecule has 8 heteroatoms. The maximum Gasteiger partial charge on any atom is 0.258 e. The lowest BCUT2D eigenvalue weighted by Gasteiger charge is -2.29. The number of hydrogen-bond donors (Lipinski definition) is 1. The summed E-state index contributed by atoms with van der Waals surface area (Å²) in [6.45, 7) is 4.13. The number of carbonyl (C=O) groups is 2. The standard InChI is InChI=1S/C25H22Cl2N2O3S/c1-25(2)13-15-6-9-17(32-3)10-18(15)20(29-25)12-21(30)14-4-7-16(8-5-14)28-24(31)19-11-22(26)33-23(19)27/h4-11H,12-13H2,1-3H3,(H,28,31). The Morgan fingerprint density at radius 1 is 1.12 bits per heavy atom. The molecule has 3 aromatic rings. The van der Waals surface area contributed by atoms with Gasteiger partial charge in [0.1, 0.15) is 10.1 Å². The van der Waals surface area contributed by atoms with Crippen molar-refractivity contribution in [3.8, 4) is 5.75 Å². The number of thiophene rings is 1. The number of methoxy groups -OCH3 is 1. The predicted molar refractivity (Wildman–Crippen MR) is 135 cm³/mol. The molecule has 1 aromatic heterocycles. The predicted octanol–water partition coefficient (Wildman–Crippen LogP) is 6.71. The molecule has 0 atom stereocenters. The van der Waals surface area contributed by atoms with Crippen LogP contribution >= 0.6 is 34.5 Å². The molecule has 0 radical (unpaired) electrons. The van der Waals surface area contributed by atoms with Gasteiger partial charge < -0.3 is 10.1 Å². The first kappa shape index (κ1) is 23.5. The van der Waals surface area contributed by atoms with E-state index >= 15 is 0 Å². The van der Waals surface area contributed by atoms with E-state index in [0.29, 0.717) is 25.5 Å². The highest BCUT2D eigenvalue weighted by atomic mass is 35.5. The molecule has 0 bridgehead atoms. The number of carbonyl (C=O) groups excluding carboxylic acids is 2. The Bertz CT molecular complexity index is 1260. The van der Waals surface area contributed by atoms with Crippen molar-refractivity contribution in [2.75, 3.05) is 12.4 Å². The van der Waals surface area contributed by atoms with Crippen LogP contribution in [0.15, 0.2) is 53.5 Å². The monoisotopic (exact) mass is 500 g/mol. The minimum Gasteiger partial charge on any atom is -0.497 e. The van der Waals surface area contributed by atoms with Crippen molar-refractivity contribution in [1.29, 1.82) is 0 Å². The number of fused-ring (bicyclic) bond motifs is 1. The summed E-state index contributed by atoms with van der Waals surface area (Å²) in [4.78, 5) is 30.3. The van der Waals surface area contributed by atoms with Crippen molar-refractivity contribution in [3.63, 3.8) is 0 Å². The highest BCUT2D eigenvalue weighted by Crippen LogP contribution is 2.32. The van der Waals surface area contributed by atoms with Crippen LogP contribution in [0.25, 0.3) is 0 Å². The van der Waals surface area contributed by atoms with Gasteiger partial charge in [-0.15, -0.1) is 11.3 Å². The number of ether oxygens (including phenoxy) is 1. The highest BCUT2D eigenvalue weighted by Gasteiger charge is 2.28. The fourth-order valence-corrected chi connectivity index (χ4v) is 5.32. The van der Waals surface area contributed by atoms with Crippen LogP contribution in [0, 0.1) is 0 Å². The molecule has 0 unspecified atom stereocenters. The van der Waals surface area contributed by atoms with E-state index in [0.717, 1.165) is 40.3 Å². The zero-order valence-electron chi connectivity index (χ0n) is 18.4. The molecule has 0 fully saturated rings. The molecule has 1 aliphatic rings. The van der Waals surface area contributed by atoms with Gasteiger partial charge in [0, 0.05) is 16.8 Å². The summed E-state index contributed by atoms with van der Waals surface area (Å²) in [7, 11) is 1.62. The third-order valence-corrected chi connectivity index (χ3v) is 6.87. The third-order valence-electron chi connectivity index (χ3n) is 5.38. The van der Waals surface area contributed by atoms with E-state index in [9.17, 15) is 9.59 Å². The average Bonchev–Trinajstić information content (AvgIpc) is 3.11. The molecular weight excluding hydrogens is 479 g/mol. The summed E-state index contributed by atoms with van der Waals surface area (Å²) in [6.07, 6.45) is 0.982. The molecule has 0 saturated heterocycles. The zero-order valence-corrected chi connectivity index (χ0v) is 20.7. The number of amides is 1. The number of nitrogens with one attached hydrogen (secondary N) is 1. The van der Waals surface area contributed by atoms with Crippen LogP contribution in [-0.2, 0) is 6.42 Å².